The first-order valence-corrected chi connectivity index (χ1v) is 6.88. The largest absolute Gasteiger partial charge is 0.455 e. The van der Waals surface area contributed by atoms with E-state index in [1.807, 2.05) is 48.5 Å². The number of hydrogen-bond acceptors (Lipinski definition) is 2. The first-order chi connectivity index (χ1) is 9.29. The van der Waals surface area contributed by atoms with Crippen LogP contribution < -0.4 is 10.1 Å². The molecule has 2 rings (SSSR count). The molecule has 100 valence electrons. The quantitative estimate of drug-likeness (QED) is 0.777. The Morgan fingerprint density at radius 3 is 2.42 bits per heavy atom. The highest BCUT2D eigenvalue weighted by Crippen LogP contribution is 2.29. The second-order valence-corrected chi connectivity index (χ2v) is 4.75. The molecule has 1 atom stereocenters. The molecule has 0 spiro atoms. The molecular formula is C17H21NO. The summed E-state index contributed by atoms with van der Waals surface area (Å²) in [6, 6.07) is 18.4. The van der Waals surface area contributed by atoms with Gasteiger partial charge in [0.25, 0.3) is 0 Å². The molecule has 0 bridgehead atoms. The number of benzene rings is 2. The van der Waals surface area contributed by atoms with E-state index in [4.69, 9.17) is 4.74 Å². The van der Waals surface area contributed by atoms with Gasteiger partial charge in [-0.3, -0.25) is 0 Å². The van der Waals surface area contributed by atoms with Crippen LogP contribution in [0.1, 0.15) is 26.7 Å². The van der Waals surface area contributed by atoms with Crippen molar-refractivity contribution in [2.75, 3.05) is 5.32 Å². The van der Waals surface area contributed by atoms with Crippen molar-refractivity contribution >= 4 is 5.69 Å². The standard InChI is InChI=1S/C17H21NO/c1-3-9-14(2)18-16-12-7-8-13-17(16)19-15-10-5-4-6-11-15/h4-8,10-14,18H,3,9H2,1-2H3. The zero-order chi connectivity index (χ0) is 13.5. The third kappa shape index (κ3) is 4.02. The van der Waals surface area contributed by atoms with Crippen LogP contribution in [0.2, 0.25) is 0 Å². The van der Waals surface area contributed by atoms with E-state index in [9.17, 15) is 0 Å². The van der Waals surface area contributed by atoms with Crippen LogP contribution in [0.3, 0.4) is 0 Å². The van der Waals surface area contributed by atoms with Gasteiger partial charge >= 0.3 is 0 Å². The Hall–Kier alpha value is -1.96. The van der Waals surface area contributed by atoms with E-state index >= 15 is 0 Å². The summed E-state index contributed by atoms with van der Waals surface area (Å²) in [7, 11) is 0. The first-order valence-electron chi connectivity index (χ1n) is 6.88. The van der Waals surface area contributed by atoms with Crippen LogP contribution in [0.5, 0.6) is 11.5 Å². The summed E-state index contributed by atoms with van der Waals surface area (Å²) in [4.78, 5) is 0. The van der Waals surface area contributed by atoms with Gasteiger partial charge < -0.3 is 10.1 Å². The van der Waals surface area contributed by atoms with Crippen molar-refractivity contribution in [2.45, 2.75) is 32.7 Å². The normalized spacial score (nSPS) is 11.9. The highest BCUT2D eigenvalue weighted by Gasteiger charge is 2.07. The van der Waals surface area contributed by atoms with Crippen molar-refractivity contribution in [3.8, 4) is 11.5 Å². The highest BCUT2D eigenvalue weighted by atomic mass is 16.5. The zero-order valence-corrected chi connectivity index (χ0v) is 11.6. The Morgan fingerprint density at radius 1 is 1.00 bits per heavy atom. The fraction of sp³-hybridized carbons (Fsp3) is 0.294. The summed E-state index contributed by atoms with van der Waals surface area (Å²) in [5.74, 6) is 1.73. The van der Waals surface area contributed by atoms with Gasteiger partial charge in [0.2, 0.25) is 0 Å². The van der Waals surface area contributed by atoms with Gasteiger partial charge in [-0.25, -0.2) is 0 Å². The van der Waals surface area contributed by atoms with E-state index in [2.05, 4.69) is 25.2 Å². The predicted octanol–water partition coefficient (Wildman–Crippen LogP) is 5.08. The monoisotopic (exact) mass is 255 g/mol. The third-order valence-corrected chi connectivity index (χ3v) is 2.98. The molecule has 2 heteroatoms. The third-order valence-electron chi connectivity index (χ3n) is 2.98. The van der Waals surface area contributed by atoms with Crippen molar-refractivity contribution in [3.63, 3.8) is 0 Å². The molecule has 0 aliphatic rings. The van der Waals surface area contributed by atoms with Gasteiger partial charge in [-0.15, -0.1) is 0 Å². The summed E-state index contributed by atoms with van der Waals surface area (Å²) in [5.41, 5.74) is 1.05. The minimum Gasteiger partial charge on any atom is -0.455 e. The van der Waals surface area contributed by atoms with Crippen molar-refractivity contribution < 1.29 is 4.74 Å². The maximum absolute atomic E-state index is 5.93. The zero-order valence-electron chi connectivity index (χ0n) is 11.6. The van der Waals surface area contributed by atoms with Crippen LogP contribution in [0, 0.1) is 0 Å². The van der Waals surface area contributed by atoms with E-state index in [0.29, 0.717) is 6.04 Å². The smallest absolute Gasteiger partial charge is 0.150 e. The number of ether oxygens (including phenoxy) is 1. The minimum absolute atomic E-state index is 0.450. The Bertz CT molecular complexity index is 496. The van der Waals surface area contributed by atoms with Gasteiger partial charge in [-0.05, 0) is 37.6 Å². The van der Waals surface area contributed by atoms with E-state index < -0.39 is 0 Å². The van der Waals surface area contributed by atoms with E-state index in [0.717, 1.165) is 23.6 Å². The van der Waals surface area contributed by atoms with Gasteiger partial charge in [-0.2, -0.15) is 0 Å². The van der Waals surface area contributed by atoms with Crippen molar-refractivity contribution in [3.05, 3.63) is 54.6 Å². The number of rotatable bonds is 6. The molecule has 2 aromatic rings. The number of hydrogen-bond donors (Lipinski definition) is 1. The SMILES string of the molecule is CCCC(C)Nc1ccccc1Oc1ccccc1. The molecule has 0 saturated heterocycles. The average molecular weight is 255 g/mol. The molecule has 2 nitrogen and oxygen atoms in total. The molecule has 0 aliphatic carbocycles. The van der Waals surface area contributed by atoms with Crippen LogP contribution in [0.25, 0.3) is 0 Å². The summed E-state index contributed by atoms with van der Waals surface area (Å²) in [6.07, 6.45) is 2.33. The van der Waals surface area contributed by atoms with Crippen molar-refractivity contribution in [1.82, 2.24) is 0 Å². The minimum atomic E-state index is 0.450. The Balaban J connectivity index is 2.12. The van der Waals surface area contributed by atoms with Gasteiger partial charge in [0.1, 0.15) is 5.75 Å². The molecule has 0 aliphatic heterocycles. The Morgan fingerprint density at radius 2 is 1.68 bits per heavy atom. The van der Waals surface area contributed by atoms with E-state index in [-0.39, 0.29) is 0 Å². The lowest BCUT2D eigenvalue weighted by molar-refractivity contribution is 0.483. The lowest BCUT2D eigenvalue weighted by Gasteiger charge is -2.17. The predicted molar refractivity (Wildman–Crippen MR) is 81.0 cm³/mol. The molecule has 2 aromatic carbocycles. The van der Waals surface area contributed by atoms with Crippen molar-refractivity contribution in [2.24, 2.45) is 0 Å². The van der Waals surface area contributed by atoms with Crippen LogP contribution in [0.15, 0.2) is 54.6 Å². The van der Waals surface area contributed by atoms with Crippen LogP contribution in [-0.2, 0) is 0 Å². The summed E-state index contributed by atoms with van der Waals surface area (Å²) in [5, 5.41) is 3.51. The molecule has 0 aromatic heterocycles. The van der Waals surface area contributed by atoms with Crippen LogP contribution >= 0.6 is 0 Å². The van der Waals surface area contributed by atoms with E-state index in [1.165, 1.54) is 6.42 Å². The fourth-order valence-electron chi connectivity index (χ4n) is 2.06. The number of nitrogens with one attached hydrogen (secondary N) is 1. The van der Waals surface area contributed by atoms with Crippen LogP contribution in [0.4, 0.5) is 5.69 Å². The fourth-order valence-corrected chi connectivity index (χ4v) is 2.06. The molecule has 1 N–H and O–H groups in total. The molecule has 0 fully saturated rings. The molecule has 0 saturated carbocycles. The summed E-state index contributed by atoms with van der Waals surface area (Å²) in [6.45, 7) is 4.40. The van der Waals surface area contributed by atoms with Gasteiger partial charge in [0, 0.05) is 6.04 Å². The van der Waals surface area contributed by atoms with Crippen LogP contribution in [-0.4, -0.2) is 6.04 Å². The number of para-hydroxylation sites is 3. The second kappa shape index (κ2) is 6.83. The van der Waals surface area contributed by atoms with E-state index in [1.54, 1.807) is 0 Å². The highest BCUT2D eigenvalue weighted by molar-refractivity contribution is 5.57. The molecular weight excluding hydrogens is 234 g/mol. The maximum atomic E-state index is 5.93. The Kier molecular flexibility index (Phi) is 4.85. The summed E-state index contributed by atoms with van der Waals surface area (Å²) < 4.78 is 5.93. The average Bonchev–Trinajstić information content (AvgIpc) is 2.42. The first kappa shape index (κ1) is 13.5. The van der Waals surface area contributed by atoms with Gasteiger partial charge in [0.05, 0.1) is 5.69 Å². The molecule has 0 heterocycles. The number of anilines is 1. The molecule has 1 unspecified atom stereocenters. The molecule has 19 heavy (non-hydrogen) atoms. The Labute approximate surface area is 115 Å². The summed E-state index contributed by atoms with van der Waals surface area (Å²) >= 11 is 0. The lowest BCUT2D eigenvalue weighted by Crippen LogP contribution is -2.14. The second-order valence-electron chi connectivity index (χ2n) is 4.75. The van der Waals surface area contributed by atoms with Gasteiger partial charge in [0.15, 0.2) is 5.75 Å². The van der Waals surface area contributed by atoms with Gasteiger partial charge in [-0.1, -0.05) is 43.7 Å². The van der Waals surface area contributed by atoms with Crippen molar-refractivity contribution in [1.29, 1.82) is 0 Å². The molecule has 0 amide bonds. The lowest BCUT2D eigenvalue weighted by atomic mass is 10.2. The topological polar surface area (TPSA) is 21.3 Å². The maximum Gasteiger partial charge on any atom is 0.150 e. The molecule has 0 radical (unpaired) electrons.